The minimum Gasteiger partial charge on any atom is -0.465 e. The molecule has 1 saturated carbocycles. The van der Waals surface area contributed by atoms with Gasteiger partial charge >= 0.3 is 5.97 Å². The third kappa shape index (κ3) is 3.02. The second-order valence-corrected chi connectivity index (χ2v) is 8.94. The molecule has 0 aromatic heterocycles. The summed E-state index contributed by atoms with van der Waals surface area (Å²) in [5.41, 5.74) is 0.860. The topological polar surface area (TPSA) is 84.2 Å². The number of hydrogen-bond donors (Lipinski definition) is 0. The second-order valence-electron chi connectivity index (χ2n) is 6.87. The van der Waals surface area contributed by atoms with Crippen LogP contribution in [0, 0.1) is 30.6 Å². The second kappa shape index (κ2) is 6.82. The highest BCUT2D eigenvalue weighted by Gasteiger charge is 2.77. The fourth-order valence-corrected chi connectivity index (χ4v) is 5.78. The molecular weight excluding hydrogens is 362 g/mol. The Morgan fingerprint density at radius 2 is 1.59 bits per heavy atom. The zero-order valence-electron chi connectivity index (χ0n) is 15.5. The van der Waals surface area contributed by atoms with E-state index in [4.69, 9.17) is 4.74 Å². The van der Waals surface area contributed by atoms with Crippen LogP contribution in [0.2, 0.25) is 0 Å². The number of hydrogen-bond acceptors (Lipinski definition) is 5. The van der Waals surface area contributed by atoms with Crippen molar-refractivity contribution in [3.63, 3.8) is 0 Å². The van der Waals surface area contributed by atoms with Gasteiger partial charge in [-0.15, -0.1) is 0 Å². The number of rotatable bonds is 5. The predicted octanol–water partition coefficient (Wildman–Crippen LogP) is 3.32. The van der Waals surface area contributed by atoms with Gasteiger partial charge in [-0.25, -0.2) is 8.42 Å². The Labute approximate surface area is 159 Å². The van der Waals surface area contributed by atoms with Crippen molar-refractivity contribution < 1.29 is 17.9 Å². The minimum absolute atomic E-state index is 0.0835. The molecule has 0 unspecified atom stereocenters. The molecule has 3 atom stereocenters. The Morgan fingerprint density at radius 1 is 1.07 bits per heavy atom. The molecule has 0 spiro atoms. The van der Waals surface area contributed by atoms with E-state index in [9.17, 15) is 18.5 Å². The molecule has 0 amide bonds. The summed E-state index contributed by atoms with van der Waals surface area (Å²) in [7, 11) is -3.90. The van der Waals surface area contributed by atoms with Crippen LogP contribution < -0.4 is 0 Å². The van der Waals surface area contributed by atoms with Crippen LogP contribution in [0.5, 0.6) is 0 Å². The fraction of sp³-hybridized carbons (Fsp3) is 0.333. The first kappa shape index (κ1) is 19.1. The van der Waals surface area contributed by atoms with Crippen LogP contribution >= 0.6 is 0 Å². The highest BCUT2D eigenvalue weighted by atomic mass is 32.2. The average molecular weight is 383 g/mol. The zero-order chi connectivity index (χ0) is 19.8. The maximum Gasteiger partial charge on any atom is 0.328 e. The molecule has 0 heterocycles. The summed E-state index contributed by atoms with van der Waals surface area (Å²) < 4.78 is 31.7. The van der Waals surface area contributed by atoms with Gasteiger partial charge in [-0.1, -0.05) is 47.5 Å². The van der Waals surface area contributed by atoms with Crippen molar-refractivity contribution in [1.29, 1.82) is 5.26 Å². The Bertz CT molecular complexity index is 1000. The first-order chi connectivity index (χ1) is 12.8. The number of sulfone groups is 1. The first-order valence-electron chi connectivity index (χ1n) is 8.74. The van der Waals surface area contributed by atoms with Gasteiger partial charge in [0.05, 0.1) is 17.6 Å². The van der Waals surface area contributed by atoms with Gasteiger partial charge in [0, 0.05) is 5.92 Å². The van der Waals surface area contributed by atoms with Crippen LogP contribution in [0.4, 0.5) is 0 Å². The van der Waals surface area contributed by atoms with E-state index >= 15 is 0 Å². The van der Waals surface area contributed by atoms with E-state index in [1.807, 2.05) is 32.0 Å². The molecule has 27 heavy (non-hydrogen) atoms. The molecular formula is C21H21NO4S. The SMILES string of the molecule is CCOC(=O)[C@]1(C#N)[C@@H](c2ccc(C)cc2)[C@@H]1S(=O)(=O)c1ccc(C)cc1. The lowest BCUT2D eigenvalue weighted by Crippen LogP contribution is -2.25. The standard InChI is InChI=1S/C21H21NO4S/c1-4-26-20(23)21(13-22)18(16-9-5-14(2)6-10-16)19(21)27(24,25)17-11-7-15(3)8-12-17/h5-12,18-19H,4H2,1-3H3/t18-,19-,21+/m0/s1. The largest absolute Gasteiger partial charge is 0.465 e. The molecule has 6 heteroatoms. The van der Waals surface area contributed by atoms with E-state index in [0.717, 1.165) is 11.1 Å². The molecule has 5 nitrogen and oxygen atoms in total. The molecule has 3 rings (SSSR count). The van der Waals surface area contributed by atoms with Gasteiger partial charge < -0.3 is 4.74 Å². The van der Waals surface area contributed by atoms with E-state index in [0.29, 0.717) is 5.56 Å². The van der Waals surface area contributed by atoms with E-state index in [1.165, 1.54) is 12.1 Å². The summed E-state index contributed by atoms with van der Waals surface area (Å²) in [5, 5.41) is 8.68. The predicted molar refractivity (Wildman–Crippen MR) is 101 cm³/mol. The lowest BCUT2D eigenvalue weighted by Gasteiger charge is -2.09. The summed E-state index contributed by atoms with van der Waals surface area (Å²) in [6, 6.07) is 15.7. The summed E-state index contributed by atoms with van der Waals surface area (Å²) in [6.45, 7) is 5.50. The lowest BCUT2D eigenvalue weighted by molar-refractivity contribution is -0.147. The zero-order valence-corrected chi connectivity index (χ0v) is 16.3. The van der Waals surface area contributed by atoms with Crippen LogP contribution in [0.15, 0.2) is 53.4 Å². The fourth-order valence-electron chi connectivity index (χ4n) is 3.54. The summed E-state index contributed by atoms with van der Waals surface area (Å²) >= 11 is 0. The number of carbonyl (C=O) groups is 1. The Balaban J connectivity index is 2.12. The maximum absolute atomic E-state index is 13.3. The van der Waals surface area contributed by atoms with Gasteiger partial charge in [-0.3, -0.25) is 4.79 Å². The first-order valence-corrected chi connectivity index (χ1v) is 10.3. The molecule has 0 bridgehead atoms. The summed E-state index contributed by atoms with van der Waals surface area (Å²) in [6.07, 6.45) is 0. The van der Waals surface area contributed by atoms with Crippen molar-refractivity contribution in [2.75, 3.05) is 6.61 Å². The van der Waals surface area contributed by atoms with Crippen LogP contribution in [-0.4, -0.2) is 26.2 Å². The molecule has 0 aliphatic heterocycles. The molecule has 140 valence electrons. The van der Waals surface area contributed by atoms with E-state index in [1.54, 1.807) is 31.2 Å². The normalized spacial score (nSPS) is 24.1. The molecule has 0 N–H and O–H groups in total. The van der Waals surface area contributed by atoms with Crippen LogP contribution in [0.3, 0.4) is 0 Å². The molecule has 0 radical (unpaired) electrons. The number of benzene rings is 2. The van der Waals surface area contributed by atoms with Crippen LogP contribution in [-0.2, 0) is 19.4 Å². The van der Waals surface area contributed by atoms with Crippen molar-refractivity contribution in [3.8, 4) is 6.07 Å². The van der Waals surface area contributed by atoms with Gasteiger partial charge in [-0.2, -0.15) is 5.26 Å². The Morgan fingerprint density at radius 3 is 2.07 bits per heavy atom. The number of nitrogens with zero attached hydrogens (tertiary/aromatic N) is 1. The molecule has 0 saturated heterocycles. The quantitative estimate of drug-likeness (QED) is 0.740. The van der Waals surface area contributed by atoms with Gasteiger partial charge in [0.15, 0.2) is 15.3 Å². The van der Waals surface area contributed by atoms with Crippen LogP contribution in [0.25, 0.3) is 0 Å². The van der Waals surface area contributed by atoms with E-state index in [-0.39, 0.29) is 11.5 Å². The summed E-state index contributed by atoms with van der Waals surface area (Å²) in [4.78, 5) is 12.8. The Hall–Kier alpha value is -2.65. The number of ether oxygens (including phenoxy) is 1. The average Bonchev–Trinajstić information content (AvgIpc) is 3.34. The van der Waals surface area contributed by atoms with Crippen molar-refractivity contribution in [1.82, 2.24) is 0 Å². The Kier molecular flexibility index (Phi) is 4.83. The molecule has 1 aliphatic rings. The van der Waals surface area contributed by atoms with E-state index < -0.39 is 32.4 Å². The van der Waals surface area contributed by atoms with Gasteiger partial charge in [0.2, 0.25) is 0 Å². The van der Waals surface area contributed by atoms with Gasteiger partial charge in [0.1, 0.15) is 5.25 Å². The summed E-state index contributed by atoms with van der Waals surface area (Å²) in [5.74, 6) is -1.53. The van der Waals surface area contributed by atoms with E-state index in [2.05, 4.69) is 0 Å². The van der Waals surface area contributed by atoms with Gasteiger partial charge in [0.25, 0.3) is 0 Å². The lowest BCUT2D eigenvalue weighted by atomic mass is 10.00. The third-order valence-corrected chi connectivity index (χ3v) is 7.29. The molecule has 2 aromatic carbocycles. The molecule has 1 aliphatic carbocycles. The maximum atomic E-state index is 13.3. The number of carbonyl (C=O) groups excluding carboxylic acids is 1. The molecule has 2 aromatic rings. The smallest absolute Gasteiger partial charge is 0.328 e. The van der Waals surface area contributed by atoms with Gasteiger partial charge in [-0.05, 0) is 38.5 Å². The highest BCUT2D eigenvalue weighted by molar-refractivity contribution is 7.92. The number of nitriles is 1. The monoisotopic (exact) mass is 383 g/mol. The number of aryl methyl sites for hydroxylation is 2. The van der Waals surface area contributed by atoms with Crippen molar-refractivity contribution in [2.45, 2.75) is 36.8 Å². The highest BCUT2D eigenvalue weighted by Crippen LogP contribution is 2.64. The van der Waals surface area contributed by atoms with Crippen molar-refractivity contribution in [3.05, 3.63) is 65.2 Å². The molecule has 1 fully saturated rings. The third-order valence-electron chi connectivity index (χ3n) is 5.05. The number of esters is 1. The van der Waals surface area contributed by atoms with Crippen molar-refractivity contribution in [2.24, 2.45) is 5.41 Å². The van der Waals surface area contributed by atoms with Crippen molar-refractivity contribution >= 4 is 15.8 Å². The minimum atomic E-state index is -3.90. The van der Waals surface area contributed by atoms with Crippen LogP contribution in [0.1, 0.15) is 29.5 Å².